The maximum Gasteiger partial charge on any atom is 0.234 e. The van der Waals surface area contributed by atoms with Crippen molar-refractivity contribution in [2.75, 3.05) is 6.54 Å². The van der Waals surface area contributed by atoms with Gasteiger partial charge in [0.15, 0.2) is 0 Å². The van der Waals surface area contributed by atoms with Crippen LogP contribution in [0.15, 0.2) is 28.9 Å². The molecule has 0 unspecified atom stereocenters. The first kappa shape index (κ1) is 13.7. The third kappa shape index (κ3) is 3.39. The van der Waals surface area contributed by atoms with Gasteiger partial charge in [0.1, 0.15) is 5.69 Å². The van der Waals surface area contributed by atoms with E-state index in [0.29, 0.717) is 12.2 Å². The number of nitrogens with zero attached hydrogens (tertiary/aromatic N) is 3. The average Bonchev–Trinajstić information content (AvgIpc) is 2.88. The summed E-state index contributed by atoms with van der Waals surface area (Å²) in [5, 5.41) is 10.7. The summed E-state index contributed by atoms with van der Waals surface area (Å²) in [5.74, 6) is -0.215. The van der Waals surface area contributed by atoms with E-state index in [4.69, 9.17) is 5.73 Å². The van der Waals surface area contributed by atoms with E-state index in [1.165, 1.54) is 0 Å². The van der Waals surface area contributed by atoms with Gasteiger partial charge in [-0.3, -0.25) is 4.79 Å². The Morgan fingerprint density at radius 3 is 3.00 bits per heavy atom. The summed E-state index contributed by atoms with van der Waals surface area (Å²) >= 11 is 3.48. The Kier molecular flexibility index (Phi) is 4.28. The molecule has 0 bridgehead atoms. The number of carbonyl (C=O) groups excluding carboxylic acids is 1. The summed E-state index contributed by atoms with van der Waals surface area (Å²) in [7, 11) is 0. The van der Waals surface area contributed by atoms with Crippen molar-refractivity contribution in [1.29, 1.82) is 0 Å². The highest BCUT2D eigenvalue weighted by Gasteiger charge is 2.05. The summed E-state index contributed by atoms with van der Waals surface area (Å²) in [6, 6.07) is 5.92. The number of hydrogen-bond acceptors (Lipinski definition) is 4. The molecule has 1 heterocycles. The zero-order chi connectivity index (χ0) is 13.8. The molecule has 3 N–H and O–H groups in total. The molecular formula is C12H14BrN5O. The largest absolute Gasteiger partial charge is 0.349 e. The summed E-state index contributed by atoms with van der Waals surface area (Å²) in [4.78, 5) is 11.0. The third-order valence-electron chi connectivity index (χ3n) is 2.61. The Labute approximate surface area is 119 Å². The number of benzene rings is 1. The van der Waals surface area contributed by atoms with Crippen molar-refractivity contribution in [3.63, 3.8) is 0 Å². The second-order valence-electron chi connectivity index (χ2n) is 4.07. The molecule has 100 valence electrons. The number of hydrogen-bond donors (Lipinski definition) is 2. The smallest absolute Gasteiger partial charge is 0.234 e. The molecular weight excluding hydrogens is 310 g/mol. The molecule has 0 fully saturated rings. The Bertz CT molecular complexity index is 596. The van der Waals surface area contributed by atoms with Crippen LogP contribution in [-0.4, -0.2) is 27.4 Å². The molecule has 0 aliphatic carbocycles. The van der Waals surface area contributed by atoms with Crippen LogP contribution in [-0.2, 0) is 11.3 Å². The van der Waals surface area contributed by atoms with Gasteiger partial charge in [0.25, 0.3) is 0 Å². The SMILES string of the molecule is Cc1ccc(-n2cc(CNC(=O)CN)nn2)cc1Br. The highest BCUT2D eigenvalue weighted by molar-refractivity contribution is 9.10. The summed E-state index contributed by atoms with van der Waals surface area (Å²) in [6.07, 6.45) is 1.77. The van der Waals surface area contributed by atoms with Gasteiger partial charge in [0.2, 0.25) is 5.91 Å². The van der Waals surface area contributed by atoms with Crippen LogP contribution in [0.25, 0.3) is 5.69 Å². The minimum atomic E-state index is -0.215. The lowest BCUT2D eigenvalue weighted by atomic mass is 10.2. The summed E-state index contributed by atoms with van der Waals surface area (Å²) in [5.41, 5.74) is 7.94. The van der Waals surface area contributed by atoms with Crippen molar-refractivity contribution in [3.8, 4) is 5.69 Å². The van der Waals surface area contributed by atoms with Crippen LogP contribution in [0.1, 0.15) is 11.3 Å². The van der Waals surface area contributed by atoms with Crippen molar-refractivity contribution >= 4 is 21.8 Å². The molecule has 0 aliphatic heterocycles. The first-order valence-corrected chi connectivity index (χ1v) is 6.54. The van der Waals surface area contributed by atoms with Gasteiger partial charge in [0, 0.05) is 4.47 Å². The lowest BCUT2D eigenvalue weighted by Gasteiger charge is -2.03. The highest BCUT2D eigenvalue weighted by atomic mass is 79.9. The van der Waals surface area contributed by atoms with Crippen molar-refractivity contribution in [3.05, 3.63) is 40.1 Å². The lowest BCUT2D eigenvalue weighted by molar-refractivity contribution is -0.119. The van der Waals surface area contributed by atoms with E-state index in [-0.39, 0.29) is 12.5 Å². The molecule has 0 radical (unpaired) electrons. The van der Waals surface area contributed by atoms with Gasteiger partial charge < -0.3 is 11.1 Å². The van der Waals surface area contributed by atoms with Gasteiger partial charge in [-0.25, -0.2) is 4.68 Å². The van der Waals surface area contributed by atoms with Crippen LogP contribution in [0.4, 0.5) is 0 Å². The van der Waals surface area contributed by atoms with Gasteiger partial charge in [0.05, 0.1) is 25.0 Å². The maximum atomic E-state index is 11.0. The van der Waals surface area contributed by atoms with Crippen molar-refractivity contribution < 1.29 is 4.79 Å². The van der Waals surface area contributed by atoms with E-state index in [1.807, 2.05) is 25.1 Å². The number of nitrogens with two attached hydrogens (primary N) is 1. The number of rotatable bonds is 4. The van der Waals surface area contributed by atoms with Gasteiger partial charge in [-0.15, -0.1) is 5.10 Å². The van der Waals surface area contributed by atoms with E-state index >= 15 is 0 Å². The monoisotopic (exact) mass is 323 g/mol. The zero-order valence-electron chi connectivity index (χ0n) is 10.4. The fraction of sp³-hybridized carbons (Fsp3) is 0.250. The van der Waals surface area contributed by atoms with Crippen molar-refractivity contribution in [2.45, 2.75) is 13.5 Å². The lowest BCUT2D eigenvalue weighted by Crippen LogP contribution is -2.29. The molecule has 1 aromatic heterocycles. The number of amides is 1. The van der Waals surface area contributed by atoms with Crippen molar-refractivity contribution in [2.24, 2.45) is 5.73 Å². The van der Waals surface area contributed by atoms with Gasteiger partial charge in [-0.2, -0.15) is 0 Å². The Balaban J connectivity index is 2.12. The van der Waals surface area contributed by atoms with E-state index < -0.39 is 0 Å². The van der Waals surface area contributed by atoms with Gasteiger partial charge in [-0.1, -0.05) is 27.2 Å². The van der Waals surface area contributed by atoms with E-state index in [0.717, 1.165) is 15.7 Å². The van der Waals surface area contributed by atoms with Crippen LogP contribution < -0.4 is 11.1 Å². The summed E-state index contributed by atoms with van der Waals surface area (Å²) in [6.45, 7) is 2.31. The second-order valence-corrected chi connectivity index (χ2v) is 4.92. The molecule has 7 heteroatoms. The van der Waals surface area contributed by atoms with Crippen LogP contribution in [0.3, 0.4) is 0 Å². The molecule has 0 aliphatic rings. The van der Waals surface area contributed by atoms with E-state index in [9.17, 15) is 4.79 Å². The predicted molar refractivity (Wildman–Crippen MR) is 74.7 cm³/mol. The Morgan fingerprint density at radius 1 is 1.53 bits per heavy atom. The van der Waals surface area contributed by atoms with Crippen LogP contribution in [0.5, 0.6) is 0 Å². The normalized spacial score (nSPS) is 10.5. The first-order valence-electron chi connectivity index (χ1n) is 5.74. The highest BCUT2D eigenvalue weighted by Crippen LogP contribution is 2.19. The molecule has 0 saturated carbocycles. The molecule has 0 saturated heterocycles. The summed E-state index contributed by atoms with van der Waals surface area (Å²) < 4.78 is 2.67. The number of halogens is 1. The van der Waals surface area contributed by atoms with Gasteiger partial charge in [-0.05, 0) is 24.6 Å². The topological polar surface area (TPSA) is 85.8 Å². The Morgan fingerprint density at radius 2 is 2.32 bits per heavy atom. The van der Waals surface area contributed by atoms with Crippen LogP contribution >= 0.6 is 15.9 Å². The molecule has 2 aromatic rings. The molecule has 0 spiro atoms. The molecule has 19 heavy (non-hydrogen) atoms. The van der Waals surface area contributed by atoms with Crippen LogP contribution in [0, 0.1) is 6.92 Å². The molecule has 0 atom stereocenters. The van der Waals surface area contributed by atoms with Crippen molar-refractivity contribution in [1.82, 2.24) is 20.3 Å². The fourth-order valence-corrected chi connectivity index (χ4v) is 1.86. The quantitative estimate of drug-likeness (QED) is 0.875. The maximum absolute atomic E-state index is 11.0. The predicted octanol–water partition coefficient (Wildman–Crippen LogP) is 0.913. The Hall–Kier alpha value is -1.73. The number of carbonyl (C=O) groups is 1. The average molecular weight is 324 g/mol. The third-order valence-corrected chi connectivity index (χ3v) is 3.47. The number of aromatic nitrogens is 3. The minimum absolute atomic E-state index is 0.0287. The zero-order valence-corrected chi connectivity index (χ0v) is 12.0. The minimum Gasteiger partial charge on any atom is -0.349 e. The first-order chi connectivity index (χ1) is 9.10. The standard InChI is InChI=1S/C12H14BrN5O/c1-8-2-3-10(4-11(8)13)18-7-9(16-17-18)6-15-12(19)5-14/h2-4,7H,5-6,14H2,1H3,(H,15,19). The van der Waals surface area contributed by atoms with Gasteiger partial charge >= 0.3 is 0 Å². The van der Waals surface area contributed by atoms with Crippen LogP contribution in [0.2, 0.25) is 0 Å². The number of aryl methyl sites for hydroxylation is 1. The molecule has 1 aromatic carbocycles. The molecule has 1 amide bonds. The molecule has 2 rings (SSSR count). The van der Waals surface area contributed by atoms with E-state index in [1.54, 1.807) is 10.9 Å². The van der Waals surface area contributed by atoms with E-state index in [2.05, 4.69) is 31.6 Å². The fourth-order valence-electron chi connectivity index (χ4n) is 1.49. The molecule has 6 nitrogen and oxygen atoms in total. The second kappa shape index (κ2) is 5.94. The number of nitrogens with one attached hydrogen (secondary N) is 1.